The van der Waals surface area contributed by atoms with Crippen LogP contribution in [0.15, 0.2) is 48.4 Å². The SMILES string of the molecule is [2H]O[C@]1(C(=O)OC([2H])([2H])[2H])[C@]([2H])(OC(=O)C([2H])([2H])[2H])[C@]2(C([2H])([2H])C([2H])([2H])[2H])C([2H])=C([2H])C([2H])([2H])N3C([2H])([2H])C([2H])([2H])[C@@]4(c5c([2H])c([C@]6(C(=O)OC([2H])([2H])[2H])c7c(c8c([2H])c([2H])c([2H])c([2H])c8n7[2H])C([2H])([2H])N7C([2H])([2H])[C@]([2H])(C(F)(F)C([2H])([2H])[2H])C([2H])([2H])[C@]([2H])(C7([2H])[2H])C6([2H])[2H])c(OC([2H])([2H])[2H])c([2H])c5N(C([2H])([2H])[2H])[C@@]14[2H])[C@@]32[2H]. The Morgan fingerprint density at radius 3 is 2.81 bits per heavy atom. The second-order valence-corrected chi connectivity index (χ2v) is 12.6. The van der Waals surface area contributed by atoms with Crippen LogP contribution in [0.25, 0.3) is 10.9 Å². The first-order chi connectivity index (χ1) is 49.4. The molecule has 1 unspecified atom stereocenters. The smallest absolute Gasteiger partial charge is 0.344 e. The molecule has 1 spiro atoms. The average Bonchev–Trinajstić information content (AvgIpc) is 1.50. The lowest BCUT2D eigenvalue weighted by Gasteiger charge is -2.63. The number of piperidine rings is 1. The first-order valence-electron chi connectivity index (χ1n) is 42.6. The number of aliphatic hydroxyl groups is 1. The average molecular weight is 871 g/mol. The van der Waals surface area contributed by atoms with Crippen LogP contribution < -0.4 is 9.64 Å². The predicted molar refractivity (Wildman–Crippen MR) is 214 cm³/mol. The second kappa shape index (κ2) is 13.5. The van der Waals surface area contributed by atoms with E-state index in [1.165, 1.54) is 0 Å². The Kier molecular flexibility index (Phi) is 2.62. The number of halogens is 2. The highest BCUT2D eigenvalue weighted by atomic mass is 19.3. The molecule has 12 nitrogen and oxygen atoms in total. The summed E-state index contributed by atoms with van der Waals surface area (Å²) < 4.78 is 559. The number of esters is 3. The van der Waals surface area contributed by atoms with Crippen LogP contribution in [-0.2, 0) is 45.9 Å². The molecule has 9 rings (SSSR count). The van der Waals surface area contributed by atoms with Crippen LogP contribution in [0.3, 0.4) is 0 Å². The van der Waals surface area contributed by atoms with Crippen molar-refractivity contribution in [2.75, 3.05) is 59.0 Å². The lowest BCUT2D eigenvalue weighted by Crippen LogP contribution is -2.81. The Balaban J connectivity index is 1.90. The van der Waals surface area contributed by atoms with Crippen molar-refractivity contribution in [1.29, 1.82) is 1.43 Å². The number of hydrogen-bond acceptors (Lipinski definition) is 11. The van der Waals surface area contributed by atoms with E-state index in [1.807, 2.05) is 0 Å². The van der Waals surface area contributed by atoms with Gasteiger partial charge in [-0.15, -0.1) is 0 Å². The van der Waals surface area contributed by atoms with Crippen molar-refractivity contribution < 1.29 is 120 Å². The number of benzene rings is 2. The second-order valence-electron chi connectivity index (χ2n) is 12.6. The summed E-state index contributed by atoms with van der Waals surface area (Å²) in [7, 11) is -15.1. The fourth-order valence-corrected chi connectivity index (χ4v) is 7.60. The summed E-state index contributed by atoms with van der Waals surface area (Å²) in [4.78, 5) is 42.1. The van der Waals surface area contributed by atoms with Gasteiger partial charge in [-0.05, 0) is 67.9 Å². The molecule has 2 saturated heterocycles. The number of alkyl halides is 2. The number of H-pyrrole nitrogens is 1. The molecule has 1 aliphatic carbocycles. The Labute approximate surface area is 418 Å². The summed E-state index contributed by atoms with van der Waals surface area (Å²) in [5.41, 5.74) is -43.3. The van der Waals surface area contributed by atoms with Crippen LogP contribution in [0.1, 0.15) is 140 Å². The number of hydrogen-bond donors (Lipinski definition) is 2. The first-order valence-corrected chi connectivity index (χ1v) is 15.8. The van der Waals surface area contributed by atoms with E-state index in [9.17, 15) is 48.7 Å². The fourth-order valence-electron chi connectivity index (χ4n) is 7.60. The number of methoxy groups -OCH3 is 3. The number of aromatic amines is 1. The molecular weight excluding hydrogens is 763 g/mol. The molecule has 2 aromatic carbocycles. The van der Waals surface area contributed by atoms with E-state index in [1.54, 1.807) is 0 Å². The fraction of sp³-hybridized carbons (Fsp3) is 0.578. The molecule has 5 aliphatic heterocycles. The maximum Gasteiger partial charge on any atom is 0.344 e. The molecule has 6 aliphatic rings. The van der Waals surface area contributed by atoms with Gasteiger partial charge < -0.3 is 33.9 Å². The normalized spacial score (nSPS) is 64.3. The van der Waals surface area contributed by atoms with E-state index in [0.29, 0.717) is 0 Å². The number of aromatic nitrogens is 1. The predicted octanol–water partition coefficient (Wildman–Crippen LogP) is 5.08. The van der Waals surface area contributed by atoms with Gasteiger partial charge in [0.2, 0.25) is 13.0 Å². The van der Waals surface area contributed by atoms with Gasteiger partial charge in [0.15, 0.2) is 7.49 Å². The van der Waals surface area contributed by atoms with Gasteiger partial charge in [-0.2, -0.15) is 0 Å². The molecule has 10 atom stereocenters. The molecule has 316 valence electrons. The van der Waals surface area contributed by atoms with E-state index in [2.05, 4.69) is 14.6 Å². The van der Waals surface area contributed by atoms with Crippen molar-refractivity contribution in [3.63, 3.8) is 0 Å². The summed E-state index contributed by atoms with van der Waals surface area (Å²) in [5.74, 6) is -34.2. The number of ether oxygens (including phenoxy) is 4. The summed E-state index contributed by atoms with van der Waals surface area (Å²) in [5, 5.41) is 2.51. The van der Waals surface area contributed by atoms with Gasteiger partial charge in [0.1, 0.15) is 11.2 Å². The van der Waals surface area contributed by atoms with Gasteiger partial charge in [0.05, 0.1) is 53.2 Å². The van der Waals surface area contributed by atoms with Gasteiger partial charge in [-0.1, -0.05) is 37.1 Å². The van der Waals surface area contributed by atoms with E-state index < -0.39 is 295 Å². The zero-order chi connectivity index (χ0) is 88.8. The zero-order valence-electron chi connectivity index (χ0n) is 82.3. The number of rotatable bonds is 8. The highest BCUT2D eigenvalue weighted by molar-refractivity contribution is 5.95. The molecular formula is C45H54F2N4O8. The maximum absolute atomic E-state index is 17.9. The quantitative estimate of drug-likeness (QED) is 0.179. The molecule has 1 saturated carbocycles. The minimum Gasteiger partial charge on any atom is -0.496 e. The molecule has 3 aromatic rings. The standard InChI is InChI=1S/C45H54F2N4O8/c1-8-42-14-11-16-51-17-15-43(36(42)51)30-19-31(34(56-5)20-33(30)49(4)37(43)45(55,40(54)58-7)38(42)59-25(2)52)44(39(53)57-6)21-26-18-27(41(3,46)47)23-50(22-26)24-29-28-12-9-10-13-32(28)48-35(29)44/h9-14,19-20,26-27,36-38,48,55H,8,15-18,21-24H2,1-7H3/t26-,27+,36-,37+,38+,42+,43+,44-,45-/m0/s1/i1D3,2D3,3D3,4D3,5D3,6D3,7D3,8D2,9D,10D,11D,12D,13D,14D,15D2,16D2,17D2,18D2,19D,20D,21D2,22D2,23D2,24D2,26D,27D,36D,37D,38D,55D/hD. The van der Waals surface area contributed by atoms with Gasteiger partial charge in [0, 0.05) is 142 Å². The highest BCUT2D eigenvalue weighted by Crippen LogP contribution is 2.68. The molecule has 0 amide bonds. The third-order valence-electron chi connectivity index (χ3n) is 9.74. The lowest BCUT2D eigenvalue weighted by atomic mass is 9.47. The Morgan fingerprint density at radius 1 is 1.17 bits per heavy atom. The number of anilines is 1. The number of carbonyl (C=O) groups excluding carboxylic acids is 3. The van der Waals surface area contributed by atoms with Gasteiger partial charge in [-0.25, -0.2) is 13.6 Å². The van der Waals surface area contributed by atoms with E-state index in [0.717, 1.165) is 0 Å². The molecule has 3 fully saturated rings. The van der Waals surface area contributed by atoms with Crippen LogP contribution in [-0.4, -0.2) is 123 Å². The lowest BCUT2D eigenvalue weighted by molar-refractivity contribution is -0.228. The molecule has 1 aromatic heterocycles. The number of fused-ring (bicyclic) bond motifs is 6. The van der Waals surface area contributed by atoms with Gasteiger partial charge in [0.25, 0.3) is 0 Å². The number of nitrogens with one attached hydrogen (secondary N) is 1. The first kappa shape index (κ1) is 11.5. The highest BCUT2D eigenvalue weighted by Gasteiger charge is 2.80. The Morgan fingerprint density at radius 2 is 2.03 bits per heavy atom. The summed E-state index contributed by atoms with van der Waals surface area (Å²) in [6.07, 6.45) is -31.5. The van der Waals surface area contributed by atoms with Crippen LogP contribution in [0.4, 0.5) is 14.5 Å². The maximum atomic E-state index is 17.9. The monoisotopic (exact) mass is 871 g/mol. The topological polar surface area (TPSA) is 134 Å². The van der Waals surface area contributed by atoms with E-state index in [4.69, 9.17) is 39.7 Å². The van der Waals surface area contributed by atoms with Crippen molar-refractivity contribution in [2.45, 2.75) is 93.0 Å². The zero-order valence-corrected chi connectivity index (χ0v) is 28.3. The molecule has 14 heteroatoms. The summed E-state index contributed by atoms with van der Waals surface area (Å²) in [6.45, 7) is -49.8. The van der Waals surface area contributed by atoms with Gasteiger partial charge >= 0.3 is 17.9 Å². The summed E-state index contributed by atoms with van der Waals surface area (Å²) in [6, 6.07) is -33.1. The molecule has 2 bridgehead atoms. The third-order valence-corrected chi connectivity index (χ3v) is 9.74. The third kappa shape index (κ3) is 5.17. The minimum absolute atomic E-state index is 1.11. The molecule has 6 heterocycles. The number of para-hydroxylation sites is 1. The van der Waals surface area contributed by atoms with Crippen molar-refractivity contribution in [3.8, 4) is 5.75 Å². The van der Waals surface area contributed by atoms with Gasteiger partial charge in [-0.3, -0.25) is 19.4 Å². The molecule has 59 heavy (non-hydrogen) atoms. The Hall–Kier alpha value is -4.53. The largest absolute Gasteiger partial charge is 0.496 e. The van der Waals surface area contributed by atoms with E-state index in [-0.39, 0.29) is 0 Å². The van der Waals surface area contributed by atoms with Crippen molar-refractivity contribution in [2.24, 2.45) is 17.2 Å². The van der Waals surface area contributed by atoms with Crippen molar-refractivity contribution in [3.05, 3.63) is 70.7 Å². The van der Waals surface area contributed by atoms with E-state index >= 15 is 18.4 Å². The number of likely N-dealkylation sites (N-methyl/N-ethyl adjacent to an activating group) is 1. The molecule has 0 radical (unpaired) electrons. The van der Waals surface area contributed by atoms with Crippen molar-refractivity contribution >= 4 is 34.5 Å². The van der Waals surface area contributed by atoms with Crippen LogP contribution >= 0.6 is 0 Å². The number of carbonyl (C=O) groups is 3. The molecule has 2 N–H and O–H groups in total. The number of nitrogens with zero attached hydrogens (tertiary/aromatic N) is 3. The van der Waals surface area contributed by atoms with Crippen LogP contribution in [0.5, 0.6) is 5.75 Å². The van der Waals surface area contributed by atoms with Crippen molar-refractivity contribution in [1.82, 2.24) is 14.8 Å². The van der Waals surface area contributed by atoms with Crippen LogP contribution in [0.2, 0.25) is 1.41 Å². The Bertz CT molecular complexity index is 4670. The summed E-state index contributed by atoms with van der Waals surface area (Å²) >= 11 is 0. The minimum atomic E-state index is -6.91. The van der Waals surface area contributed by atoms with Crippen LogP contribution in [0, 0.1) is 17.2 Å².